The van der Waals surface area contributed by atoms with Gasteiger partial charge >= 0.3 is 5.97 Å². The Bertz CT molecular complexity index is 407. The highest BCUT2D eigenvalue weighted by Crippen LogP contribution is 2.31. The van der Waals surface area contributed by atoms with Crippen LogP contribution in [0.25, 0.3) is 0 Å². The van der Waals surface area contributed by atoms with Crippen LogP contribution in [0.3, 0.4) is 0 Å². The molecule has 0 aliphatic rings. The summed E-state index contributed by atoms with van der Waals surface area (Å²) in [5.74, 6) is -1.02. The molecule has 0 saturated carbocycles. The third-order valence-corrected chi connectivity index (χ3v) is 3.59. The fourth-order valence-electron chi connectivity index (χ4n) is 2.17. The molecule has 1 aromatic rings. The zero-order chi connectivity index (χ0) is 15.0. The van der Waals surface area contributed by atoms with Crippen molar-refractivity contribution in [2.45, 2.75) is 51.2 Å². The maximum absolute atomic E-state index is 11.6. The molecule has 2 atom stereocenters. The number of aliphatic carboxylic acids is 1. The first kappa shape index (κ1) is 16.7. The van der Waals surface area contributed by atoms with Crippen molar-refractivity contribution in [2.75, 3.05) is 6.61 Å². The van der Waals surface area contributed by atoms with E-state index < -0.39 is 17.6 Å². The highest BCUT2D eigenvalue weighted by molar-refractivity contribution is 5.79. The second-order valence-corrected chi connectivity index (χ2v) is 5.07. The molecule has 0 bridgehead atoms. The number of rotatable bonds is 9. The zero-order valence-electron chi connectivity index (χ0n) is 12.3. The Balaban J connectivity index is 2.92. The maximum atomic E-state index is 11.6. The van der Waals surface area contributed by atoms with Gasteiger partial charge in [0.2, 0.25) is 0 Å². The summed E-state index contributed by atoms with van der Waals surface area (Å²) in [6, 6.07) is 9.36. The van der Waals surface area contributed by atoms with Crippen LogP contribution < -0.4 is 5.73 Å². The lowest BCUT2D eigenvalue weighted by molar-refractivity contribution is -0.151. The van der Waals surface area contributed by atoms with Crippen molar-refractivity contribution in [1.82, 2.24) is 0 Å². The van der Waals surface area contributed by atoms with Gasteiger partial charge in [0.15, 0.2) is 0 Å². The normalized spacial score (nSPS) is 15.6. The maximum Gasteiger partial charge on any atom is 0.326 e. The first-order valence-electron chi connectivity index (χ1n) is 7.25. The minimum absolute atomic E-state index is 0.315. The molecule has 20 heavy (non-hydrogen) atoms. The van der Waals surface area contributed by atoms with Crippen LogP contribution in [0.4, 0.5) is 0 Å². The second kappa shape index (κ2) is 8.02. The van der Waals surface area contributed by atoms with Crippen molar-refractivity contribution in [3.8, 4) is 0 Å². The van der Waals surface area contributed by atoms with E-state index in [0.29, 0.717) is 13.0 Å². The summed E-state index contributed by atoms with van der Waals surface area (Å²) in [6.07, 6.45) is 2.77. The zero-order valence-corrected chi connectivity index (χ0v) is 12.3. The van der Waals surface area contributed by atoms with Crippen molar-refractivity contribution in [3.63, 3.8) is 0 Å². The molecule has 112 valence electrons. The number of carbonyl (C=O) groups is 1. The van der Waals surface area contributed by atoms with Gasteiger partial charge in [-0.1, -0.05) is 57.0 Å². The highest BCUT2D eigenvalue weighted by atomic mass is 16.5. The van der Waals surface area contributed by atoms with E-state index in [9.17, 15) is 9.90 Å². The largest absolute Gasteiger partial charge is 0.480 e. The van der Waals surface area contributed by atoms with Crippen LogP contribution in [0.2, 0.25) is 0 Å². The number of hydrogen-bond acceptors (Lipinski definition) is 3. The van der Waals surface area contributed by atoms with Gasteiger partial charge in [0, 0.05) is 6.61 Å². The molecule has 0 spiro atoms. The SMILES string of the molecule is CCCCCOC(c1ccccc1)C(N)(CC)C(=O)O. The number of hydrogen-bond donors (Lipinski definition) is 2. The van der Waals surface area contributed by atoms with Crippen LogP contribution in [0.1, 0.15) is 51.2 Å². The van der Waals surface area contributed by atoms with Gasteiger partial charge in [-0.2, -0.15) is 0 Å². The molecule has 4 nitrogen and oxygen atoms in total. The molecule has 0 heterocycles. The van der Waals surface area contributed by atoms with E-state index in [0.717, 1.165) is 24.8 Å². The summed E-state index contributed by atoms with van der Waals surface area (Å²) in [4.78, 5) is 11.6. The molecule has 4 heteroatoms. The van der Waals surface area contributed by atoms with Gasteiger partial charge < -0.3 is 15.6 Å². The van der Waals surface area contributed by atoms with Crippen molar-refractivity contribution in [3.05, 3.63) is 35.9 Å². The fourth-order valence-corrected chi connectivity index (χ4v) is 2.17. The van der Waals surface area contributed by atoms with Crippen LogP contribution in [-0.4, -0.2) is 23.2 Å². The van der Waals surface area contributed by atoms with E-state index in [1.165, 1.54) is 0 Å². The predicted octanol–water partition coefficient (Wildman–Crippen LogP) is 3.13. The Labute approximate surface area is 120 Å². The Hall–Kier alpha value is -1.39. The van der Waals surface area contributed by atoms with Gasteiger partial charge in [0.25, 0.3) is 0 Å². The van der Waals surface area contributed by atoms with E-state index in [2.05, 4.69) is 6.92 Å². The monoisotopic (exact) mass is 279 g/mol. The molecular weight excluding hydrogens is 254 g/mol. The van der Waals surface area contributed by atoms with Crippen LogP contribution >= 0.6 is 0 Å². The molecular formula is C16H25NO3. The van der Waals surface area contributed by atoms with Crippen molar-refractivity contribution in [2.24, 2.45) is 5.73 Å². The Morgan fingerprint density at radius 1 is 1.30 bits per heavy atom. The van der Waals surface area contributed by atoms with Crippen LogP contribution in [0.15, 0.2) is 30.3 Å². The molecule has 1 rings (SSSR count). The van der Waals surface area contributed by atoms with Gasteiger partial charge in [-0.3, -0.25) is 4.79 Å². The molecule has 0 saturated heterocycles. The van der Waals surface area contributed by atoms with Crippen LogP contribution in [-0.2, 0) is 9.53 Å². The summed E-state index contributed by atoms with van der Waals surface area (Å²) in [5.41, 5.74) is 5.53. The number of unbranched alkanes of at least 4 members (excludes halogenated alkanes) is 2. The molecule has 3 N–H and O–H groups in total. The smallest absolute Gasteiger partial charge is 0.326 e. The summed E-state index contributed by atoms with van der Waals surface area (Å²) < 4.78 is 5.84. The average molecular weight is 279 g/mol. The third-order valence-electron chi connectivity index (χ3n) is 3.59. The summed E-state index contributed by atoms with van der Waals surface area (Å²) in [5, 5.41) is 9.46. The van der Waals surface area contributed by atoms with Crippen molar-refractivity contribution in [1.29, 1.82) is 0 Å². The van der Waals surface area contributed by atoms with Crippen LogP contribution in [0.5, 0.6) is 0 Å². The summed E-state index contributed by atoms with van der Waals surface area (Å²) in [7, 11) is 0. The lowest BCUT2D eigenvalue weighted by Gasteiger charge is -2.33. The first-order valence-corrected chi connectivity index (χ1v) is 7.25. The minimum atomic E-state index is -1.40. The number of ether oxygens (including phenoxy) is 1. The van der Waals surface area contributed by atoms with Crippen molar-refractivity contribution < 1.29 is 14.6 Å². The standard InChI is InChI=1S/C16H25NO3/c1-3-5-9-12-20-14(13-10-7-6-8-11-13)16(17,4-2)15(18)19/h6-8,10-11,14H,3-5,9,12,17H2,1-2H3,(H,18,19). The summed E-state index contributed by atoms with van der Waals surface area (Å²) in [6.45, 7) is 4.42. The topological polar surface area (TPSA) is 72.5 Å². The molecule has 0 radical (unpaired) electrons. The molecule has 0 aromatic heterocycles. The Morgan fingerprint density at radius 3 is 2.45 bits per heavy atom. The van der Waals surface area contributed by atoms with Gasteiger partial charge in [-0.25, -0.2) is 0 Å². The van der Waals surface area contributed by atoms with Gasteiger partial charge in [-0.15, -0.1) is 0 Å². The summed E-state index contributed by atoms with van der Waals surface area (Å²) >= 11 is 0. The van der Waals surface area contributed by atoms with E-state index in [-0.39, 0.29) is 0 Å². The number of benzene rings is 1. The predicted molar refractivity (Wildman–Crippen MR) is 79.5 cm³/mol. The lowest BCUT2D eigenvalue weighted by Crippen LogP contribution is -2.53. The molecule has 0 fully saturated rings. The Kier molecular flexibility index (Phi) is 6.68. The van der Waals surface area contributed by atoms with Crippen molar-refractivity contribution >= 4 is 5.97 Å². The van der Waals surface area contributed by atoms with Gasteiger partial charge in [0.05, 0.1) is 0 Å². The van der Waals surface area contributed by atoms with Gasteiger partial charge in [-0.05, 0) is 18.4 Å². The molecule has 0 aliphatic heterocycles. The fraction of sp³-hybridized carbons (Fsp3) is 0.562. The van der Waals surface area contributed by atoms with Crippen LogP contribution in [0, 0.1) is 0 Å². The second-order valence-electron chi connectivity index (χ2n) is 5.07. The van der Waals surface area contributed by atoms with E-state index in [1.54, 1.807) is 6.92 Å². The molecule has 2 unspecified atom stereocenters. The number of carboxylic acids is 1. The molecule has 0 amide bonds. The van der Waals surface area contributed by atoms with E-state index >= 15 is 0 Å². The first-order chi connectivity index (χ1) is 9.56. The highest BCUT2D eigenvalue weighted by Gasteiger charge is 2.42. The van der Waals surface area contributed by atoms with E-state index in [4.69, 9.17) is 10.5 Å². The average Bonchev–Trinajstić information content (AvgIpc) is 2.47. The quantitative estimate of drug-likeness (QED) is 0.681. The van der Waals surface area contributed by atoms with Gasteiger partial charge in [0.1, 0.15) is 11.6 Å². The third kappa shape index (κ3) is 4.05. The molecule has 0 aliphatic carbocycles. The minimum Gasteiger partial charge on any atom is -0.480 e. The lowest BCUT2D eigenvalue weighted by atomic mass is 9.86. The number of carboxylic acid groups (broad SMARTS) is 1. The van der Waals surface area contributed by atoms with E-state index in [1.807, 2.05) is 30.3 Å². The molecule has 1 aromatic carbocycles. The number of nitrogens with two attached hydrogens (primary N) is 1. The Morgan fingerprint density at radius 2 is 1.95 bits per heavy atom.